The quantitative estimate of drug-likeness (QED) is 0.837. The molecule has 0 radical (unpaired) electrons. The summed E-state index contributed by atoms with van der Waals surface area (Å²) in [6, 6.07) is 2.02. The summed E-state index contributed by atoms with van der Waals surface area (Å²) in [6.07, 6.45) is 5.68. The number of nitrogens with one attached hydrogen (secondary N) is 1. The van der Waals surface area contributed by atoms with Crippen LogP contribution in [0.3, 0.4) is 0 Å². The first-order valence-corrected chi connectivity index (χ1v) is 7.90. The Morgan fingerprint density at radius 1 is 1.45 bits per heavy atom. The van der Waals surface area contributed by atoms with Crippen LogP contribution in [-0.4, -0.2) is 39.2 Å². The van der Waals surface area contributed by atoms with Crippen molar-refractivity contribution in [2.45, 2.75) is 38.1 Å². The van der Waals surface area contributed by atoms with Gasteiger partial charge in [-0.1, -0.05) is 0 Å². The minimum atomic E-state index is -0.128. The fraction of sp³-hybridized carbons (Fsp3) is 0.500. The second kappa shape index (κ2) is 4.98. The van der Waals surface area contributed by atoms with E-state index in [2.05, 4.69) is 22.0 Å². The Morgan fingerprint density at radius 3 is 3.18 bits per heavy atom. The van der Waals surface area contributed by atoms with Crippen LogP contribution in [0.1, 0.15) is 46.1 Å². The van der Waals surface area contributed by atoms with Crippen molar-refractivity contribution < 1.29 is 4.79 Å². The summed E-state index contributed by atoms with van der Waals surface area (Å²) in [5, 5.41) is 4.52. The molecule has 2 aromatic rings. The molecule has 0 amide bonds. The Labute approximate surface area is 129 Å². The van der Waals surface area contributed by atoms with Gasteiger partial charge >= 0.3 is 0 Å². The van der Waals surface area contributed by atoms with E-state index in [1.807, 2.05) is 12.3 Å². The van der Waals surface area contributed by atoms with Crippen molar-refractivity contribution in [2.24, 2.45) is 0 Å². The summed E-state index contributed by atoms with van der Waals surface area (Å²) in [4.78, 5) is 18.4. The molecule has 22 heavy (non-hydrogen) atoms. The van der Waals surface area contributed by atoms with E-state index in [0.717, 1.165) is 55.6 Å². The topological polar surface area (TPSA) is 79.9 Å². The minimum absolute atomic E-state index is 0.00935. The first-order valence-electron chi connectivity index (χ1n) is 7.90. The molecule has 3 N–H and O–H groups in total. The maximum atomic E-state index is 13.0. The Kier molecular flexibility index (Phi) is 3.07. The number of aryl methyl sites for hydroxylation is 1. The second-order valence-corrected chi connectivity index (χ2v) is 6.40. The Morgan fingerprint density at radius 2 is 2.32 bits per heavy atom. The molecule has 116 valence electrons. The number of aromatic nitrogens is 3. The smallest absolute Gasteiger partial charge is 0.256 e. The van der Waals surface area contributed by atoms with Crippen molar-refractivity contribution in [3.05, 3.63) is 34.8 Å². The molecule has 1 atom stereocenters. The number of likely N-dealkylation sites (N-methyl/N-ethyl adjacent to an activating group) is 1. The van der Waals surface area contributed by atoms with Crippen molar-refractivity contribution in [3.8, 4) is 0 Å². The summed E-state index contributed by atoms with van der Waals surface area (Å²) >= 11 is 0. The van der Waals surface area contributed by atoms with Crippen molar-refractivity contribution in [1.29, 1.82) is 0 Å². The van der Waals surface area contributed by atoms with Gasteiger partial charge in [-0.25, -0.2) is 0 Å². The number of carbonyl (C=O) groups excluding carboxylic acids is 1. The number of hydrogen-bond donors (Lipinski definition) is 2. The molecule has 2 aliphatic rings. The number of nitrogens with zero attached hydrogens (tertiary/aromatic N) is 3. The maximum Gasteiger partial charge on any atom is 0.256 e. The van der Waals surface area contributed by atoms with Gasteiger partial charge < -0.3 is 15.6 Å². The summed E-state index contributed by atoms with van der Waals surface area (Å²) in [5.74, 6) is 0.403. The predicted molar refractivity (Wildman–Crippen MR) is 83.8 cm³/mol. The number of aromatic amines is 1. The summed E-state index contributed by atoms with van der Waals surface area (Å²) in [5.41, 5.74) is 10.5. The van der Waals surface area contributed by atoms with Gasteiger partial charge in [0.1, 0.15) is 5.82 Å². The van der Waals surface area contributed by atoms with E-state index in [0.29, 0.717) is 5.82 Å². The summed E-state index contributed by atoms with van der Waals surface area (Å²) < 4.78 is 1.45. The molecule has 2 aromatic heterocycles. The molecular formula is C16H21N5O. The van der Waals surface area contributed by atoms with Crippen LogP contribution >= 0.6 is 0 Å². The van der Waals surface area contributed by atoms with Crippen molar-refractivity contribution in [1.82, 2.24) is 19.7 Å². The fourth-order valence-electron chi connectivity index (χ4n) is 3.70. The highest BCUT2D eigenvalue weighted by Gasteiger charge is 2.32. The average Bonchev–Trinajstić information content (AvgIpc) is 3.11. The first-order chi connectivity index (χ1) is 10.6. The molecule has 4 rings (SSSR count). The Hall–Kier alpha value is -2.08. The third-order valence-electron chi connectivity index (χ3n) is 4.94. The van der Waals surface area contributed by atoms with Gasteiger partial charge in [0.25, 0.3) is 5.91 Å². The second-order valence-electron chi connectivity index (χ2n) is 6.40. The molecular weight excluding hydrogens is 278 g/mol. The van der Waals surface area contributed by atoms with Gasteiger partial charge in [-0.05, 0) is 37.9 Å². The standard InChI is InChI=1S/C16H21N5O/c1-20-8-6-14-12(9-20)15(17)21(19-14)16(22)11-3-2-4-13-10(11)5-7-18-13/h5,7,11,18H,2-4,6,8-9,17H2,1H3. The molecule has 0 fully saturated rings. The number of fused-ring (bicyclic) bond motifs is 2. The number of nitrogen functional groups attached to an aromatic ring is 1. The Balaban J connectivity index is 1.70. The first kappa shape index (κ1) is 13.6. The SMILES string of the molecule is CN1CCc2nn(C(=O)C3CCCc4[nH]ccc43)c(N)c2C1. The van der Waals surface area contributed by atoms with Crippen LogP contribution in [0.25, 0.3) is 0 Å². The van der Waals surface area contributed by atoms with E-state index in [9.17, 15) is 4.79 Å². The normalized spacial score (nSPS) is 21.4. The van der Waals surface area contributed by atoms with Gasteiger partial charge in [-0.3, -0.25) is 4.79 Å². The lowest BCUT2D eigenvalue weighted by atomic mass is 9.86. The monoisotopic (exact) mass is 299 g/mol. The average molecular weight is 299 g/mol. The zero-order valence-corrected chi connectivity index (χ0v) is 12.8. The van der Waals surface area contributed by atoms with E-state index in [1.165, 1.54) is 10.4 Å². The predicted octanol–water partition coefficient (Wildman–Crippen LogP) is 1.54. The molecule has 0 saturated carbocycles. The molecule has 3 heterocycles. The van der Waals surface area contributed by atoms with Gasteiger partial charge in [-0.2, -0.15) is 9.78 Å². The number of H-pyrrole nitrogens is 1. The Bertz CT molecular complexity index is 729. The molecule has 1 unspecified atom stereocenters. The fourth-order valence-corrected chi connectivity index (χ4v) is 3.70. The van der Waals surface area contributed by atoms with Crippen molar-refractivity contribution >= 4 is 11.7 Å². The van der Waals surface area contributed by atoms with Crippen LogP contribution in [-0.2, 0) is 19.4 Å². The van der Waals surface area contributed by atoms with E-state index < -0.39 is 0 Å². The van der Waals surface area contributed by atoms with E-state index in [1.54, 1.807) is 0 Å². The maximum absolute atomic E-state index is 13.0. The highest BCUT2D eigenvalue weighted by atomic mass is 16.2. The van der Waals surface area contributed by atoms with Gasteiger partial charge in [-0.15, -0.1) is 0 Å². The van der Waals surface area contributed by atoms with Crippen LogP contribution in [0.2, 0.25) is 0 Å². The van der Waals surface area contributed by atoms with E-state index in [4.69, 9.17) is 5.73 Å². The number of rotatable bonds is 1. The summed E-state index contributed by atoms with van der Waals surface area (Å²) in [6.45, 7) is 1.73. The molecule has 0 spiro atoms. The highest BCUT2D eigenvalue weighted by molar-refractivity contribution is 5.88. The van der Waals surface area contributed by atoms with Crippen LogP contribution in [0.5, 0.6) is 0 Å². The van der Waals surface area contributed by atoms with Gasteiger partial charge in [0, 0.05) is 37.0 Å². The minimum Gasteiger partial charge on any atom is -0.383 e. The molecule has 0 bridgehead atoms. The lowest BCUT2D eigenvalue weighted by molar-refractivity contribution is 0.0854. The summed E-state index contributed by atoms with van der Waals surface area (Å²) in [7, 11) is 2.06. The largest absolute Gasteiger partial charge is 0.383 e. The molecule has 0 aromatic carbocycles. The molecule has 1 aliphatic carbocycles. The van der Waals surface area contributed by atoms with Crippen LogP contribution < -0.4 is 5.73 Å². The van der Waals surface area contributed by atoms with Crippen LogP contribution in [0.4, 0.5) is 5.82 Å². The number of nitrogens with two attached hydrogens (primary N) is 1. The van der Waals surface area contributed by atoms with Crippen molar-refractivity contribution in [2.75, 3.05) is 19.3 Å². The van der Waals surface area contributed by atoms with E-state index >= 15 is 0 Å². The van der Waals surface area contributed by atoms with Gasteiger partial charge in [0.15, 0.2) is 0 Å². The van der Waals surface area contributed by atoms with Crippen LogP contribution in [0, 0.1) is 0 Å². The van der Waals surface area contributed by atoms with Crippen molar-refractivity contribution in [3.63, 3.8) is 0 Å². The molecule has 0 saturated heterocycles. The third kappa shape index (κ3) is 1.98. The molecule has 6 nitrogen and oxygen atoms in total. The molecule has 1 aliphatic heterocycles. The lowest BCUT2D eigenvalue weighted by Crippen LogP contribution is -2.26. The lowest BCUT2D eigenvalue weighted by Gasteiger charge is -2.22. The van der Waals surface area contributed by atoms with Crippen LogP contribution in [0.15, 0.2) is 12.3 Å². The third-order valence-corrected chi connectivity index (χ3v) is 4.94. The number of anilines is 1. The number of carbonyl (C=O) groups is 1. The van der Waals surface area contributed by atoms with E-state index in [-0.39, 0.29) is 11.8 Å². The van der Waals surface area contributed by atoms with Gasteiger partial charge in [0.2, 0.25) is 0 Å². The number of hydrogen-bond acceptors (Lipinski definition) is 4. The molecule has 6 heteroatoms. The zero-order chi connectivity index (χ0) is 15.3. The van der Waals surface area contributed by atoms with Gasteiger partial charge in [0.05, 0.1) is 11.6 Å². The zero-order valence-electron chi connectivity index (χ0n) is 12.8. The highest BCUT2D eigenvalue weighted by Crippen LogP contribution is 2.33.